The largest absolute Gasteiger partial charge is 0.480 e. The van der Waals surface area contributed by atoms with Crippen LogP contribution in [0.3, 0.4) is 0 Å². The first-order valence-electron chi connectivity index (χ1n) is 10.9. The maximum Gasteiger partial charge on any atom is 0.407 e. The van der Waals surface area contributed by atoms with Crippen molar-refractivity contribution in [3.05, 3.63) is 71.8 Å². The molecule has 4 rings (SSSR count). The van der Waals surface area contributed by atoms with Gasteiger partial charge in [0.25, 0.3) is 0 Å². The maximum absolute atomic E-state index is 12.4. The Kier molecular flexibility index (Phi) is 7.04. The molecule has 2 amide bonds. The van der Waals surface area contributed by atoms with Crippen molar-refractivity contribution in [1.82, 2.24) is 10.6 Å². The van der Waals surface area contributed by atoms with Gasteiger partial charge in [-0.3, -0.25) is 4.79 Å². The van der Waals surface area contributed by atoms with Crippen molar-refractivity contribution < 1.29 is 29.0 Å². The van der Waals surface area contributed by atoms with E-state index in [4.69, 9.17) is 14.6 Å². The number of hydrogen-bond donors (Lipinski definition) is 3. The van der Waals surface area contributed by atoms with Gasteiger partial charge in [-0.1, -0.05) is 60.7 Å². The Balaban J connectivity index is 1.23. The van der Waals surface area contributed by atoms with E-state index in [1.807, 2.05) is 24.3 Å². The lowest BCUT2D eigenvalue weighted by atomic mass is 9.98. The number of fused-ring (bicyclic) bond motifs is 3. The van der Waals surface area contributed by atoms with Crippen molar-refractivity contribution >= 4 is 18.0 Å². The third kappa shape index (κ3) is 5.40. The highest BCUT2D eigenvalue weighted by Gasteiger charge is 2.30. The zero-order valence-corrected chi connectivity index (χ0v) is 18.0. The Labute approximate surface area is 191 Å². The fraction of sp³-hybridized carbons (Fsp3) is 0.320. The van der Waals surface area contributed by atoms with E-state index < -0.39 is 18.7 Å². The molecule has 2 aromatic carbocycles. The lowest BCUT2D eigenvalue weighted by Gasteiger charge is -2.17. The number of carbonyl (C=O) groups excluding carboxylic acids is 2. The van der Waals surface area contributed by atoms with Crippen LogP contribution in [0, 0.1) is 5.92 Å². The summed E-state index contributed by atoms with van der Waals surface area (Å²) in [5.41, 5.74) is 4.64. The third-order valence-corrected chi connectivity index (χ3v) is 5.84. The molecule has 0 heterocycles. The molecule has 0 saturated carbocycles. The maximum atomic E-state index is 12.4. The van der Waals surface area contributed by atoms with Crippen LogP contribution in [0.5, 0.6) is 0 Å². The van der Waals surface area contributed by atoms with Crippen LogP contribution in [0.15, 0.2) is 60.7 Å². The van der Waals surface area contributed by atoms with Crippen LogP contribution in [0.2, 0.25) is 0 Å². The van der Waals surface area contributed by atoms with Crippen molar-refractivity contribution in [2.45, 2.75) is 18.4 Å². The molecule has 3 N–H and O–H groups in total. The first kappa shape index (κ1) is 22.5. The van der Waals surface area contributed by atoms with E-state index in [9.17, 15) is 14.4 Å². The van der Waals surface area contributed by atoms with E-state index in [-0.39, 0.29) is 43.5 Å². The molecular weight excluding hydrogens is 424 g/mol. The molecule has 33 heavy (non-hydrogen) atoms. The van der Waals surface area contributed by atoms with Gasteiger partial charge >= 0.3 is 12.1 Å². The topological polar surface area (TPSA) is 114 Å². The molecule has 8 heteroatoms. The van der Waals surface area contributed by atoms with Gasteiger partial charge in [-0.25, -0.2) is 9.59 Å². The second-order valence-electron chi connectivity index (χ2n) is 8.04. The van der Waals surface area contributed by atoms with Gasteiger partial charge < -0.3 is 25.2 Å². The monoisotopic (exact) mass is 450 g/mol. The number of alkyl carbamates (subject to hydrolysis) is 1. The molecule has 2 aromatic rings. The molecule has 0 bridgehead atoms. The van der Waals surface area contributed by atoms with E-state index in [1.54, 1.807) is 12.2 Å². The summed E-state index contributed by atoms with van der Waals surface area (Å²) < 4.78 is 10.4. The fourth-order valence-electron chi connectivity index (χ4n) is 4.33. The minimum Gasteiger partial charge on any atom is -0.480 e. The minimum atomic E-state index is -1.05. The zero-order chi connectivity index (χ0) is 23.2. The van der Waals surface area contributed by atoms with Crippen molar-refractivity contribution in [3.8, 4) is 11.1 Å². The highest BCUT2D eigenvalue weighted by atomic mass is 16.5. The number of hydrogen-bond acceptors (Lipinski definition) is 5. The summed E-state index contributed by atoms with van der Waals surface area (Å²) in [6.45, 7) is 0.179. The lowest BCUT2D eigenvalue weighted by molar-refractivity contribution is -0.142. The van der Waals surface area contributed by atoms with Gasteiger partial charge in [0.2, 0.25) is 5.91 Å². The minimum absolute atomic E-state index is 0.0101. The molecule has 2 aliphatic rings. The fourth-order valence-corrected chi connectivity index (χ4v) is 4.33. The number of carbonyl (C=O) groups is 3. The van der Waals surface area contributed by atoms with Crippen molar-refractivity contribution in [2.24, 2.45) is 5.92 Å². The molecule has 0 spiro atoms. The quantitative estimate of drug-likeness (QED) is 0.400. The summed E-state index contributed by atoms with van der Waals surface area (Å²) in [7, 11) is 0. The molecule has 2 unspecified atom stereocenters. The summed E-state index contributed by atoms with van der Waals surface area (Å²) in [6.07, 6.45) is 3.45. The number of amides is 2. The average molecular weight is 450 g/mol. The predicted molar refractivity (Wildman–Crippen MR) is 121 cm³/mol. The van der Waals surface area contributed by atoms with E-state index in [0.717, 1.165) is 11.1 Å². The summed E-state index contributed by atoms with van der Waals surface area (Å²) in [5.74, 6) is -1.63. The van der Waals surface area contributed by atoms with Crippen molar-refractivity contribution in [3.63, 3.8) is 0 Å². The molecule has 0 radical (unpaired) electrons. The molecule has 0 saturated heterocycles. The number of rotatable bonds is 9. The van der Waals surface area contributed by atoms with Gasteiger partial charge in [0, 0.05) is 12.5 Å². The van der Waals surface area contributed by atoms with Gasteiger partial charge in [0.1, 0.15) is 13.2 Å². The third-order valence-electron chi connectivity index (χ3n) is 5.84. The molecule has 2 aliphatic carbocycles. The number of ether oxygens (including phenoxy) is 2. The van der Waals surface area contributed by atoms with Gasteiger partial charge in [0.15, 0.2) is 0 Å². The molecule has 0 aliphatic heterocycles. The molecule has 0 fully saturated rings. The number of carboxylic acid groups (broad SMARTS) is 1. The van der Waals surface area contributed by atoms with Crippen LogP contribution in [0.4, 0.5) is 4.79 Å². The summed E-state index contributed by atoms with van der Waals surface area (Å²) in [5, 5.41) is 14.0. The number of carboxylic acids is 1. The van der Waals surface area contributed by atoms with Crippen LogP contribution in [-0.2, 0) is 19.1 Å². The molecule has 2 atom stereocenters. The Hall–Kier alpha value is -3.65. The standard InChI is InChI=1S/C25H26N2O6/c28-23(29)15-32-12-11-26-24(30)16-9-10-17(13-16)27-25(31)33-14-22-20-7-3-1-5-18(20)19-6-2-4-8-21(19)22/h1-10,16-17,22H,11-15H2,(H,26,30)(H,27,31)(H,28,29). The van der Waals surface area contributed by atoms with E-state index in [0.29, 0.717) is 6.42 Å². The normalized spacial score (nSPS) is 18.4. The smallest absolute Gasteiger partial charge is 0.407 e. The van der Waals surface area contributed by atoms with Crippen LogP contribution >= 0.6 is 0 Å². The van der Waals surface area contributed by atoms with E-state index in [1.165, 1.54) is 11.1 Å². The number of nitrogens with one attached hydrogen (secondary N) is 2. The second-order valence-corrected chi connectivity index (χ2v) is 8.04. The summed E-state index contributed by atoms with van der Waals surface area (Å²) in [6, 6.07) is 16.0. The Bertz CT molecular complexity index is 1020. The molecule has 8 nitrogen and oxygen atoms in total. The Morgan fingerprint density at radius 2 is 1.64 bits per heavy atom. The summed E-state index contributed by atoms with van der Waals surface area (Å²) >= 11 is 0. The Morgan fingerprint density at radius 1 is 0.970 bits per heavy atom. The van der Waals surface area contributed by atoms with Gasteiger partial charge in [0.05, 0.1) is 18.6 Å². The SMILES string of the molecule is O=C(O)COCCNC(=O)C1C=CC(NC(=O)OCC2c3ccccc3-c3ccccc32)C1. The van der Waals surface area contributed by atoms with E-state index in [2.05, 4.69) is 34.9 Å². The predicted octanol–water partition coefficient (Wildman–Crippen LogP) is 2.69. The van der Waals surface area contributed by atoms with Crippen LogP contribution in [0.25, 0.3) is 11.1 Å². The van der Waals surface area contributed by atoms with Crippen LogP contribution in [-0.4, -0.2) is 55.5 Å². The highest BCUT2D eigenvalue weighted by molar-refractivity contribution is 5.81. The van der Waals surface area contributed by atoms with Gasteiger partial charge in [-0.2, -0.15) is 0 Å². The average Bonchev–Trinajstić information content (AvgIpc) is 3.40. The molecule has 0 aromatic heterocycles. The van der Waals surface area contributed by atoms with Crippen LogP contribution in [0.1, 0.15) is 23.5 Å². The van der Waals surface area contributed by atoms with Gasteiger partial charge in [-0.05, 0) is 28.7 Å². The zero-order valence-electron chi connectivity index (χ0n) is 18.0. The van der Waals surface area contributed by atoms with Gasteiger partial charge in [-0.15, -0.1) is 0 Å². The first-order chi connectivity index (χ1) is 16.0. The first-order valence-corrected chi connectivity index (χ1v) is 10.9. The van der Waals surface area contributed by atoms with Crippen LogP contribution < -0.4 is 10.6 Å². The highest BCUT2D eigenvalue weighted by Crippen LogP contribution is 2.44. The second kappa shape index (κ2) is 10.3. The number of aliphatic carboxylic acids is 1. The van der Waals surface area contributed by atoms with E-state index >= 15 is 0 Å². The summed E-state index contributed by atoms with van der Waals surface area (Å²) in [4.78, 5) is 35.0. The molecule has 172 valence electrons. The Morgan fingerprint density at radius 3 is 2.30 bits per heavy atom. The molecular formula is C25H26N2O6. The van der Waals surface area contributed by atoms with Crippen molar-refractivity contribution in [1.29, 1.82) is 0 Å². The van der Waals surface area contributed by atoms with Crippen molar-refractivity contribution in [2.75, 3.05) is 26.4 Å². The lowest BCUT2D eigenvalue weighted by Crippen LogP contribution is -2.37. The number of benzene rings is 2.